The molecule has 3 N–H and O–H groups in total. The second kappa shape index (κ2) is 5.96. The van der Waals surface area contributed by atoms with Gasteiger partial charge in [0.15, 0.2) is 0 Å². The van der Waals surface area contributed by atoms with Gasteiger partial charge in [0.2, 0.25) is 0 Å². The largest absolute Gasteiger partial charge is 0.394 e. The monoisotopic (exact) mass is 288 g/mol. The third-order valence-electron chi connectivity index (χ3n) is 2.53. The van der Waals surface area contributed by atoms with Crippen LogP contribution in [-0.4, -0.2) is 39.8 Å². The Hall–Kier alpha value is -1.70. The number of aliphatic hydroxyl groups is 2. The Balaban J connectivity index is 3.14. The maximum absolute atomic E-state index is 12.0. The van der Waals surface area contributed by atoms with Crippen molar-refractivity contribution in [2.45, 2.75) is 12.5 Å². The van der Waals surface area contributed by atoms with Crippen LogP contribution in [-0.2, 0) is 0 Å². The fourth-order valence-electron chi connectivity index (χ4n) is 1.35. The molecule has 0 atom stereocenters. The molecule has 0 unspecified atom stereocenters. The molecule has 0 aliphatic rings. The van der Waals surface area contributed by atoms with Gasteiger partial charge in [0.1, 0.15) is 10.6 Å². The fourth-order valence-corrected chi connectivity index (χ4v) is 1.60. The third kappa shape index (κ3) is 3.40. The average molecular weight is 289 g/mol. The van der Waals surface area contributed by atoms with Gasteiger partial charge in [0.05, 0.1) is 23.7 Å². The SMILES string of the molecule is CC(CO)(CO)NC(=O)c1cccc(Cl)c1[N+](=O)[O-]. The molecule has 0 fully saturated rings. The first-order valence-corrected chi connectivity index (χ1v) is 5.69. The van der Waals surface area contributed by atoms with Gasteiger partial charge in [-0.3, -0.25) is 14.9 Å². The third-order valence-corrected chi connectivity index (χ3v) is 2.83. The Morgan fingerprint density at radius 2 is 2.05 bits per heavy atom. The van der Waals surface area contributed by atoms with Crippen LogP contribution in [0, 0.1) is 10.1 Å². The molecule has 8 heteroatoms. The van der Waals surface area contributed by atoms with Crippen molar-refractivity contribution in [3.63, 3.8) is 0 Å². The van der Waals surface area contributed by atoms with E-state index < -0.39 is 35.3 Å². The van der Waals surface area contributed by atoms with Crippen LogP contribution in [0.4, 0.5) is 5.69 Å². The number of carbonyl (C=O) groups excluding carboxylic acids is 1. The summed E-state index contributed by atoms with van der Waals surface area (Å²) < 4.78 is 0. The lowest BCUT2D eigenvalue weighted by molar-refractivity contribution is -0.385. The second-order valence-corrected chi connectivity index (χ2v) is 4.63. The molecule has 0 heterocycles. The highest BCUT2D eigenvalue weighted by molar-refractivity contribution is 6.33. The Bertz CT molecular complexity index is 502. The number of halogens is 1. The highest BCUT2D eigenvalue weighted by Gasteiger charge is 2.29. The minimum absolute atomic E-state index is 0.160. The molecule has 7 nitrogen and oxygen atoms in total. The van der Waals surface area contributed by atoms with Crippen LogP contribution < -0.4 is 5.32 Å². The zero-order valence-electron chi connectivity index (χ0n) is 10.1. The molecule has 0 aliphatic heterocycles. The first kappa shape index (κ1) is 15.4. The van der Waals surface area contributed by atoms with Gasteiger partial charge in [-0.25, -0.2) is 0 Å². The molecular formula is C11H13ClN2O5. The first-order valence-electron chi connectivity index (χ1n) is 5.32. The average Bonchev–Trinajstić information content (AvgIpc) is 2.37. The summed E-state index contributed by atoms with van der Waals surface area (Å²) in [5.41, 5.74) is -2.02. The van der Waals surface area contributed by atoms with Crippen molar-refractivity contribution >= 4 is 23.2 Å². The molecule has 0 saturated carbocycles. The van der Waals surface area contributed by atoms with E-state index in [0.717, 1.165) is 0 Å². The summed E-state index contributed by atoms with van der Waals surface area (Å²) in [6.07, 6.45) is 0. The quantitative estimate of drug-likeness (QED) is 0.546. The van der Waals surface area contributed by atoms with E-state index in [1.807, 2.05) is 0 Å². The van der Waals surface area contributed by atoms with Crippen molar-refractivity contribution < 1.29 is 19.9 Å². The van der Waals surface area contributed by atoms with E-state index in [4.69, 9.17) is 21.8 Å². The molecule has 0 aromatic heterocycles. The van der Waals surface area contributed by atoms with Crippen molar-refractivity contribution in [2.75, 3.05) is 13.2 Å². The maximum atomic E-state index is 12.0. The lowest BCUT2D eigenvalue weighted by atomic mass is 10.0. The highest BCUT2D eigenvalue weighted by atomic mass is 35.5. The second-order valence-electron chi connectivity index (χ2n) is 4.22. The van der Waals surface area contributed by atoms with Crippen LogP contribution in [0.25, 0.3) is 0 Å². The number of amides is 1. The summed E-state index contributed by atoms with van der Waals surface area (Å²) in [4.78, 5) is 22.1. The molecule has 19 heavy (non-hydrogen) atoms. The number of nitro groups is 1. The van der Waals surface area contributed by atoms with Gasteiger partial charge >= 0.3 is 5.69 Å². The molecule has 104 valence electrons. The molecule has 0 aliphatic carbocycles. The Morgan fingerprint density at radius 3 is 2.53 bits per heavy atom. The normalized spacial score (nSPS) is 11.2. The molecule has 0 saturated heterocycles. The predicted molar refractivity (Wildman–Crippen MR) is 68.1 cm³/mol. The van der Waals surface area contributed by atoms with E-state index in [1.54, 1.807) is 0 Å². The molecule has 0 radical (unpaired) electrons. The van der Waals surface area contributed by atoms with Crippen LogP contribution in [0.15, 0.2) is 18.2 Å². The number of para-hydroxylation sites is 1. The van der Waals surface area contributed by atoms with Gasteiger partial charge in [0.25, 0.3) is 5.91 Å². The van der Waals surface area contributed by atoms with Crippen molar-refractivity contribution in [3.05, 3.63) is 38.9 Å². The predicted octanol–water partition coefficient (Wildman–Crippen LogP) is 0.721. The molecule has 0 spiro atoms. The van der Waals surface area contributed by atoms with Crippen molar-refractivity contribution in [3.8, 4) is 0 Å². The Morgan fingerprint density at radius 1 is 1.47 bits per heavy atom. The number of hydrogen-bond acceptors (Lipinski definition) is 5. The summed E-state index contributed by atoms with van der Waals surface area (Å²) >= 11 is 5.69. The van der Waals surface area contributed by atoms with E-state index >= 15 is 0 Å². The molecular weight excluding hydrogens is 276 g/mol. The fraction of sp³-hybridized carbons (Fsp3) is 0.364. The Kier molecular flexibility index (Phi) is 4.82. The van der Waals surface area contributed by atoms with Gasteiger partial charge in [-0.1, -0.05) is 17.7 Å². The number of aliphatic hydroxyl groups excluding tert-OH is 2. The number of benzene rings is 1. The van der Waals surface area contributed by atoms with Crippen molar-refractivity contribution in [1.82, 2.24) is 5.32 Å². The molecule has 1 amide bonds. The van der Waals surface area contributed by atoms with E-state index in [-0.39, 0.29) is 10.6 Å². The van der Waals surface area contributed by atoms with Crippen molar-refractivity contribution in [1.29, 1.82) is 0 Å². The van der Waals surface area contributed by atoms with Crippen molar-refractivity contribution in [2.24, 2.45) is 0 Å². The standard InChI is InChI=1S/C11H13ClN2O5/c1-11(5-15,6-16)13-10(17)7-3-2-4-8(12)9(7)14(18)19/h2-4,15-16H,5-6H2,1H3,(H,13,17). The number of rotatable bonds is 5. The van der Waals surface area contributed by atoms with Crippen LogP contribution in [0.3, 0.4) is 0 Å². The zero-order chi connectivity index (χ0) is 14.6. The molecule has 1 rings (SSSR count). The van der Waals surface area contributed by atoms with Crippen LogP contribution >= 0.6 is 11.6 Å². The summed E-state index contributed by atoms with van der Waals surface area (Å²) in [5, 5.41) is 31.2. The van der Waals surface area contributed by atoms with Crippen LogP contribution in [0.2, 0.25) is 5.02 Å². The summed E-state index contributed by atoms with van der Waals surface area (Å²) in [6, 6.07) is 3.95. The minimum Gasteiger partial charge on any atom is -0.394 e. The Labute approximate surface area is 114 Å². The van der Waals surface area contributed by atoms with E-state index in [1.165, 1.54) is 25.1 Å². The number of carbonyl (C=O) groups is 1. The maximum Gasteiger partial charge on any atom is 0.300 e. The highest BCUT2D eigenvalue weighted by Crippen LogP contribution is 2.28. The lowest BCUT2D eigenvalue weighted by Crippen LogP contribution is -2.51. The summed E-state index contributed by atoms with van der Waals surface area (Å²) in [5.74, 6) is -0.792. The molecule has 1 aromatic carbocycles. The minimum atomic E-state index is -1.27. The van der Waals surface area contributed by atoms with Gasteiger partial charge < -0.3 is 15.5 Å². The molecule has 1 aromatic rings. The van der Waals surface area contributed by atoms with E-state index in [9.17, 15) is 14.9 Å². The zero-order valence-corrected chi connectivity index (χ0v) is 10.8. The number of nitro benzene ring substituents is 1. The van der Waals surface area contributed by atoms with Gasteiger partial charge in [-0.05, 0) is 19.1 Å². The van der Waals surface area contributed by atoms with Gasteiger partial charge in [-0.2, -0.15) is 0 Å². The lowest BCUT2D eigenvalue weighted by Gasteiger charge is -2.26. The topological polar surface area (TPSA) is 113 Å². The first-order chi connectivity index (χ1) is 8.84. The number of nitrogens with zero attached hydrogens (tertiary/aromatic N) is 1. The van der Waals surface area contributed by atoms with Gasteiger partial charge in [0, 0.05) is 0 Å². The van der Waals surface area contributed by atoms with Gasteiger partial charge in [-0.15, -0.1) is 0 Å². The van der Waals surface area contributed by atoms with E-state index in [0.29, 0.717) is 0 Å². The molecule has 0 bridgehead atoms. The van der Waals surface area contributed by atoms with Crippen LogP contribution in [0.5, 0.6) is 0 Å². The summed E-state index contributed by atoms with van der Waals surface area (Å²) in [6.45, 7) is 0.383. The number of nitrogens with one attached hydrogen (secondary N) is 1. The summed E-state index contributed by atoms with van der Waals surface area (Å²) in [7, 11) is 0. The number of hydrogen-bond donors (Lipinski definition) is 3. The smallest absolute Gasteiger partial charge is 0.300 e. The van der Waals surface area contributed by atoms with Crippen LogP contribution in [0.1, 0.15) is 17.3 Å². The van der Waals surface area contributed by atoms with E-state index in [2.05, 4.69) is 5.32 Å².